The SMILES string of the molecule is CCOc1cc(C=C(C#N)C(=O)Nc2nnc(CC(C)C)s2)ccc1OCCOc1cccc(OC)c1. The molecule has 0 spiro atoms. The Balaban J connectivity index is 1.64. The third kappa shape index (κ3) is 8.51. The topological polar surface area (TPSA) is 116 Å². The van der Waals surface area contributed by atoms with Gasteiger partial charge in [0, 0.05) is 12.5 Å². The first-order chi connectivity index (χ1) is 17.9. The fourth-order valence-corrected chi connectivity index (χ4v) is 4.17. The van der Waals surface area contributed by atoms with Gasteiger partial charge in [-0.1, -0.05) is 37.3 Å². The van der Waals surface area contributed by atoms with Crippen LogP contribution in [0, 0.1) is 17.2 Å². The quantitative estimate of drug-likeness (QED) is 0.186. The highest BCUT2D eigenvalue weighted by Gasteiger charge is 2.14. The molecule has 2 aromatic carbocycles. The smallest absolute Gasteiger partial charge is 0.268 e. The highest BCUT2D eigenvalue weighted by Crippen LogP contribution is 2.30. The third-order valence-electron chi connectivity index (χ3n) is 4.86. The normalized spacial score (nSPS) is 11.1. The first-order valence-corrected chi connectivity index (χ1v) is 12.7. The molecule has 1 heterocycles. The molecule has 194 valence electrons. The van der Waals surface area contributed by atoms with Gasteiger partial charge in [-0.3, -0.25) is 10.1 Å². The van der Waals surface area contributed by atoms with Gasteiger partial charge in [-0.15, -0.1) is 10.2 Å². The summed E-state index contributed by atoms with van der Waals surface area (Å²) in [6, 6.07) is 14.5. The van der Waals surface area contributed by atoms with Gasteiger partial charge in [0.15, 0.2) is 11.5 Å². The number of rotatable bonds is 13. The predicted molar refractivity (Wildman–Crippen MR) is 142 cm³/mol. The molecule has 1 amide bonds. The standard InChI is InChI=1S/C27H30N4O5S/c1-5-34-24-15-19(9-10-23(24)36-12-11-35-22-8-6-7-21(16-22)33-4)14-20(17-28)26(32)29-27-31-30-25(37-27)13-18(2)3/h6-10,14-16,18H,5,11-13H2,1-4H3,(H,29,31,32). The van der Waals surface area contributed by atoms with Gasteiger partial charge in [-0.2, -0.15) is 5.26 Å². The molecule has 0 fully saturated rings. The second kappa shape index (κ2) is 13.8. The molecule has 0 aliphatic carbocycles. The van der Waals surface area contributed by atoms with Crippen LogP contribution in [0.3, 0.4) is 0 Å². The summed E-state index contributed by atoms with van der Waals surface area (Å²) in [7, 11) is 1.60. The molecule has 3 aromatic rings. The minimum Gasteiger partial charge on any atom is -0.497 e. The largest absolute Gasteiger partial charge is 0.497 e. The molecule has 0 atom stereocenters. The Labute approximate surface area is 220 Å². The molecule has 1 aromatic heterocycles. The highest BCUT2D eigenvalue weighted by molar-refractivity contribution is 7.15. The lowest BCUT2D eigenvalue weighted by atomic mass is 10.1. The van der Waals surface area contributed by atoms with E-state index in [4.69, 9.17) is 18.9 Å². The monoisotopic (exact) mass is 522 g/mol. The predicted octanol–water partition coefficient (Wildman–Crippen LogP) is 5.15. The zero-order valence-electron chi connectivity index (χ0n) is 21.3. The molecule has 9 nitrogen and oxygen atoms in total. The fraction of sp³-hybridized carbons (Fsp3) is 0.333. The maximum Gasteiger partial charge on any atom is 0.268 e. The van der Waals surface area contributed by atoms with Crippen molar-refractivity contribution in [1.82, 2.24) is 10.2 Å². The lowest BCUT2D eigenvalue weighted by molar-refractivity contribution is -0.112. The molecule has 1 N–H and O–H groups in total. The van der Waals surface area contributed by atoms with E-state index in [1.807, 2.05) is 31.2 Å². The van der Waals surface area contributed by atoms with Gasteiger partial charge in [-0.25, -0.2) is 0 Å². The summed E-state index contributed by atoms with van der Waals surface area (Å²) in [6.07, 6.45) is 2.26. The summed E-state index contributed by atoms with van der Waals surface area (Å²) in [6.45, 7) is 7.06. The van der Waals surface area contributed by atoms with Crippen LogP contribution in [0.15, 0.2) is 48.0 Å². The van der Waals surface area contributed by atoms with Crippen molar-refractivity contribution in [1.29, 1.82) is 5.26 Å². The average molecular weight is 523 g/mol. The van der Waals surface area contributed by atoms with Crippen LogP contribution in [0.2, 0.25) is 0 Å². The summed E-state index contributed by atoms with van der Waals surface area (Å²) < 4.78 is 22.5. The number of ether oxygens (including phenoxy) is 4. The zero-order valence-corrected chi connectivity index (χ0v) is 22.1. The molecule has 37 heavy (non-hydrogen) atoms. The summed E-state index contributed by atoms with van der Waals surface area (Å²) in [5.74, 6) is 2.30. The van der Waals surface area contributed by atoms with Crippen LogP contribution in [0.1, 0.15) is 31.3 Å². The molecular formula is C27H30N4O5S. The van der Waals surface area contributed by atoms with Crippen molar-refractivity contribution in [2.45, 2.75) is 27.2 Å². The van der Waals surface area contributed by atoms with Crippen molar-refractivity contribution >= 4 is 28.5 Å². The summed E-state index contributed by atoms with van der Waals surface area (Å²) in [5.41, 5.74) is 0.552. The Morgan fingerprint density at radius 3 is 2.59 bits per heavy atom. The number of amides is 1. The van der Waals surface area contributed by atoms with Crippen LogP contribution in [0.25, 0.3) is 6.08 Å². The molecular weight excluding hydrogens is 492 g/mol. The van der Waals surface area contributed by atoms with Gasteiger partial charge < -0.3 is 18.9 Å². The Bertz CT molecular complexity index is 1270. The van der Waals surface area contributed by atoms with Gasteiger partial charge in [0.05, 0.1) is 13.7 Å². The minimum absolute atomic E-state index is 0.0663. The van der Waals surface area contributed by atoms with E-state index in [1.165, 1.54) is 17.4 Å². The second-order valence-corrected chi connectivity index (χ2v) is 9.30. The number of carbonyl (C=O) groups excluding carboxylic acids is 1. The van der Waals surface area contributed by atoms with Crippen molar-refractivity contribution < 1.29 is 23.7 Å². The van der Waals surface area contributed by atoms with Crippen LogP contribution in [-0.2, 0) is 11.2 Å². The van der Waals surface area contributed by atoms with Gasteiger partial charge in [-0.05, 0) is 48.7 Å². The van der Waals surface area contributed by atoms with Crippen molar-refractivity contribution in [3.63, 3.8) is 0 Å². The minimum atomic E-state index is -0.553. The van der Waals surface area contributed by atoms with E-state index in [1.54, 1.807) is 31.4 Å². The molecule has 0 aliphatic heterocycles. The highest BCUT2D eigenvalue weighted by atomic mass is 32.1. The summed E-state index contributed by atoms with van der Waals surface area (Å²) in [4.78, 5) is 12.6. The molecule has 10 heteroatoms. The van der Waals surface area contributed by atoms with Crippen LogP contribution in [0.4, 0.5) is 5.13 Å². The number of methoxy groups -OCH3 is 1. The molecule has 0 unspecified atom stereocenters. The fourth-order valence-electron chi connectivity index (χ4n) is 3.22. The molecule has 0 bridgehead atoms. The van der Waals surface area contributed by atoms with Crippen LogP contribution in [-0.4, -0.2) is 43.0 Å². The van der Waals surface area contributed by atoms with E-state index in [0.29, 0.717) is 59.4 Å². The Morgan fingerprint density at radius 1 is 1.08 bits per heavy atom. The maximum atomic E-state index is 12.6. The van der Waals surface area contributed by atoms with E-state index in [0.717, 1.165) is 11.4 Å². The van der Waals surface area contributed by atoms with Gasteiger partial charge in [0.25, 0.3) is 5.91 Å². The number of carbonyl (C=O) groups is 1. The number of hydrogen-bond donors (Lipinski definition) is 1. The number of nitriles is 1. The molecule has 3 rings (SSSR count). The Kier molecular flexibility index (Phi) is 10.3. The van der Waals surface area contributed by atoms with E-state index in [9.17, 15) is 10.1 Å². The lowest BCUT2D eigenvalue weighted by Crippen LogP contribution is -2.13. The van der Waals surface area contributed by atoms with E-state index >= 15 is 0 Å². The molecule has 0 aliphatic rings. The van der Waals surface area contributed by atoms with Crippen molar-refractivity contribution in [3.05, 3.63) is 58.6 Å². The second-order valence-electron chi connectivity index (χ2n) is 8.24. The summed E-state index contributed by atoms with van der Waals surface area (Å²) >= 11 is 1.30. The molecule has 0 saturated carbocycles. The number of anilines is 1. The number of hydrogen-bond acceptors (Lipinski definition) is 9. The van der Waals surface area contributed by atoms with Crippen molar-refractivity contribution in [3.8, 4) is 29.1 Å². The van der Waals surface area contributed by atoms with Gasteiger partial charge in [0.2, 0.25) is 5.13 Å². The number of aromatic nitrogens is 2. The van der Waals surface area contributed by atoms with E-state index in [-0.39, 0.29) is 5.57 Å². The molecule has 0 radical (unpaired) electrons. The zero-order chi connectivity index (χ0) is 26.6. The van der Waals surface area contributed by atoms with Crippen LogP contribution < -0.4 is 24.3 Å². The first-order valence-electron chi connectivity index (χ1n) is 11.8. The maximum absolute atomic E-state index is 12.6. The van der Waals surface area contributed by atoms with Gasteiger partial charge in [0.1, 0.15) is 41.4 Å². The van der Waals surface area contributed by atoms with Crippen molar-refractivity contribution in [2.75, 3.05) is 32.2 Å². The summed E-state index contributed by atoms with van der Waals surface area (Å²) in [5, 5.41) is 21.5. The van der Waals surface area contributed by atoms with Crippen LogP contribution >= 0.6 is 11.3 Å². The van der Waals surface area contributed by atoms with Crippen molar-refractivity contribution in [2.24, 2.45) is 5.92 Å². The Hall–Kier alpha value is -4.10. The van der Waals surface area contributed by atoms with E-state index < -0.39 is 5.91 Å². The average Bonchev–Trinajstić information content (AvgIpc) is 3.32. The number of benzene rings is 2. The Morgan fingerprint density at radius 2 is 1.86 bits per heavy atom. The van der Waals surface area contributed by atoms with Crippen LogP contribution in [0.5, 0.6) is 23.0 Å². The molecule has 0 saturated heterocycles. The first kappa shape index (κ1) is 27.5. The van der Waals surface area contributed by atoms with Gasteiger partial charge >= 0.3 is 0 Å². The van der Waals surface area contributed by atoms with E-state index in [2.05, 4.69) is 29.4 Å². The lowest BCUT2D eigenvalue weighted by Gasteiger charge is -2.13. The number of nitrogens with zero attached hydrogens (tertiary/aromatic N) is 3. The third-order valence-corrected chi connectivity index (χ3v) is 5.73. The number of nitrogens with one attached hydrogen (secondary N) is 1.